The lowest BCUT2D eigenvalue weighted by Crippen LogP contribution is -2.14. The summed E-state index contributed by atoms with van der Waals surface area (Å²) in [6.07, 6.45) is 4.89. The summed E-state index contributed by atoms with van der Waals surface area (Å²) >= 11 is 1.67. The highest BCUT2D eigenvalue weighted by molar-refractivity contribution is 7.98. The van der Waals surface area contributed by atoms with Gasteiger partial charge in [-0.15, -0.1) is 11.8 Å². The first-order valence-corrected chi connectivity index (χ1v) is 6.95. The van der Waals surface area contributed by atoms with E-state index in [-0.39, 0.29) is 5.41 Å². The van der Waals surface area contributed by atoms with Crippen molar-refractivity contribution in [3.8, 4) is 5.75 Å². The van der Waals surface area contributed by atoms with Crippen LogP contribution in [-0.4, -0.2) is 17.3 Å². The molecule has 0 aliphatic heterocycles. The van der Waals surface area contributed by atoms with Crippen molar-refractivity contribution in [2.75, 3.05) is 6.26 Å². The highest BCUT2D eigenvalue weighted by Gasteiger charge is 2.25. The zero-order valence-corrected chi connectivity index (χ0v) is 11.2. The number of ether oxygens (including phenoxy) is 1. The summed E-state index contributed by atoms with van der Waals surface area (Å²) in [7, 11) is 0. The third-order valence-corrected chi connectivity index (χ3v) is 3.21. The SMILES string of the molecule is CSc1cc(OC2CC2)cc(C(C)(C)C)n1. The van der Waals surface area contributed by atoms with Crippen LogP contribution in [0.3, 0.4) is 0 Å². The van der Waals surface area contributed by atoms with Gasteiger partial charge >= 0.3 is 0 Å². The van der Waals surface area contributed by atoms with Crippen molar-refractivity contribution in [2.45, 2.75) is 50.2 Å². The molecule has 88 valence electrons. The first-order chi connectivity index (χ1) is 7.49. The maximum Gasteiger partial charge on any atom is 0.124 e. The van der Waals surface area contributed by atoms with Crippen molar-refractivity contribution in [1.82, 2.24) is 4.98 Å². The highest BCUT2D eigenvalue weighted by Crippen LogP contribution is 2.32. The molecule has 1 heterocycles. The van der Waals surface area contributed by atoms with Gasteiger partial charge in [-0.3, -0.25) is 0 Å². The van der Waals surface area contributed by atoms with Crippen molar-refractivity contribution in [3.63, 3.8) is 0 Å². The summed E-state index contributed by atoms with van der Waals surface area (Å²) in [5.74, 6) is 0.978. The van der Waals surface area contributed by atoms with E-state index in [2.05, 4.69) is 38.1 Å². The molecule has 1 aliphatic carbocycles. The van der Waals surface area contributed by atoms with E-state index in [4.69, 9.17) is 4.74 Å². The Morgan fingerprint density at radius 1 is 1.31 bits per heavy atom. The predicted octanol–water partition coefficient (Wildman–Crippen LogP) is 3.64. The van der Waals surface area contributed by atoms with Crippen molar-refractivity contribution in [3.05, 3.63) is 17.8 Å². The van der Waals surface area contributed by atoms with Crippen molar-refractivity contribution >= 4 is 11.8 Å². The van der Waals surface area contributed by atoms with Crippen LogP contribution in [-0.2, 0) is 5.41 Å². The predicted molar refractivity (Wildman–Crippen MR) is 68.4 cm³/mol. The molecule has 0 spiro atoms. The monoisotopic (exact) mass is 237 g/mol. The molecule has 0 aromatic carbocycles. The standard InChI is InChI=1S/C13H19NOS/c1-13(2,3)11-7-10(15-9-5-6-9)8-12(14-11)16-4/h7-9H,5-6H2,1-4H3. The normalized spacial score (nSPS) is 16.2. The fourth-order valence-corrected chi connectivity index (χ4v) is 1.84. The van der Waals surface area contributed by atoms with Crippen LogP contribution in [0, 0.1) is 0 Å². The van der Waals surface area contributed by atoms with Gasteiger partial charge in [-0.2, -0.15) is 0 Å². The molecular weight excluding hydrogens is 218 g/mol. The number of pyridine rings is 1. The van der Waals surface area contributed by atoms with Crippen LogP contribution in [0.25, 0.3) is 0 Å². The van der Waals surface area contributed by atoms with E-state index in [1.165, 1.54) is 12.8 Å². The first-order valence-electron chi connectivity index (χ1n) is 5.72. The van der Waals surface area contributed by atoms with Crippen LogP contribution in [0.2, 0.25) is 0 Å². The average molecular weight is 237 g/mol. The minimum absolute atomic E-state index is 0.0768. The lowest BCUT2D eigenvalue weighted by molar-refractivity contribution is 0.300. The van der Waals surface area contributed by atoms with Crippen LogP contribution >= 0.6 is 11.8 Å². The summed E-state index contributed by atoms with van der Waals surface area (Å²) in [5, 5.41) is 1.04. The maximum absolute atomic E-state index is 5.85. The molecular formula is C13H19NOS. The number of hydrogen-bond donors (Lipinski definition) is 0. The molecule has 0 saturated heterocycles. The molecule has 0 atom stereocenters. The second kappa shape index (κ2) is 4.28. The molecule has 1 aliphatic rings. The summed E-state index contributed by atoms with van der Waals surface area (Å²) in [6.45, 7) is 6.54. The van der Waals surface area contributed by atoms with Crippen molar-refractivity contribution < 1.29 is 4.74 Å². The smallest absolute Gasteiger partial charge is 0.124 e. The van der Waals surface area contributed by atoms with Gasteiger partial charge in [0, 0.05) is 17.5 Å². The fourth-order valence-electron chi connectivity index (χ4n) is 1.42. The van der Waals surface area contributed by atoms with Gasteiger partial charge in [0.15, 0.2) is 0 Å². The Kier molecular flexibility index (Phi) is 3.15. The zero-order valence-electron chi connectivity index (χ0n) is 10.4. The summed E-state index contributed by atoms with van der Waals surface area (Å²) in [4.78, 5) is 4.63. The molecule has 0 amide bonds. The lowest BCUT2D eigenvalue weighted by Gasteiger charge is -2.19. The number of thioether (sulfide) groups is 1. The van der Waals surface area contributed by atoms with Gasteiger partial charge in [0.05, 0.1) is 16.8 Å². The van der Waals surface area contributed by atoms with Gasteiger partial charge in [-0.05, 0) is 19.1 Å². The van der Waals surface area contributed by atoms with E-state index in [1.54, 1.807) is 11.8 Å². The molecule has 0 unspecified atom stereocenters. The largest absolute Gasteiger partial charge is 0.490 e. The summed E-state index contributed by atoms with van der Waals surface area (Å²) in [5.41, 5.74) is 1.18. The molecule has 1 saturated carbocycles. The molecule has 3 heteroatoms. The first kappa shape index (κ1) is 11.8. The Morgan fingerprint density at radius 3 is 2.50 bits per heavy atom. The van der Waals surface area contributed by atoms with Crippen LogP contribution in [0.15, 0.2) is 17.2 Å². The van der Waals surface area contributed by atoms with E-state index >= 15 is 0 Å². The molecule has 0 bridgehead atoms. The Labute approximate surface area is 102 Å². The second-order valence-electron chi connectivity index (χ2n) is 5.30. The molecule has 1 aromatic heterocycles. The third kappa shape index (κ3) is 2.91. The van der Waals surface area contributed by atoms with Crippen LogP contribution in [0.1, 0.15) is 39.3 Å². The molecule has 2 rings (SSSR count). The number of aromatic nitrogens is 1. The second-order valence-corrected chi connectivity index (χ2v) is 6.12. The van der Waals surface area contributed by atoms with Crippen LogP contribution < -0.4 is 4.74 Å². The van der Waals surface area contributed by atoms with E-state index in [0.29, 0.717) is 6.10 Å². The van der Waals surface area contributed by atoms with E-state index < -0.39 is 0 Å². The Morgan fingerprint density at radius 2 is 2.00 bits per heavy atom. The topological polar surface area (TPSA) is 22.1 Å². The highest BCUT2D eigenvalue weighted by atomic mass is 32.2. The van der Waals surface area contributed by atoms with Crippen molar-refractivity contribution in [2.24, 2.45) is 0 Å². The molecule has 0 N–H and O–H groups in total. The van der Waals surface area contributed by atoms with Crippen LogP contribution in [0.4, 0.5) is 0 Å². The number of hydrogen-bond acceptors (Lipinski definition) is 3. The Bertz CT molecular complexity index is 380. The molecule has 16 heavy (non-hydrogen) atoms. The van der Waals surface area contributed by atoms with E-state index in [0.717, 1.165) is 16.5 Å². The molecule has 2 nitrogen and oxygen atoms in total. The Balaban J connectivity index is 2.29. The fraction of sp³-hybridized carbons (Fsp3) is 0.615. The summed E-state index contributed by atoms with van der Waals surface area (Å²) < 4.78 is 5.85. The third-order valence-electron chi connectivity index (χ3n) is 2.58. The van der Waals surface area contributed by atoms with Crippen LogP contribution in [0.5, 0.6) is 5.75 Å². The van der Waals surface area contributed by atoms with Gasteiger partial charge in [0.2, 0.25) is 0 Å². The summed E-state index contributed by atoms with van der Waals surface area (Å²) in [6, 6.07) is 4.12. The van der Waals surface area contributed by atoms with Gasteiger partial charge in [0.1, 0.15) is 5.75 Å². The van der Waals surface area contributed by atoms with E-state index in [1.807, 2.05) is 6.07 Å². The van der Waals surface area contributed by atoms with E-state index in [9.17, 15) is 0 Å². The quantitative estimate of drug-likeness (QED) is 0.749. The van der Waals surface area contributed by atoms with Gasteiger partial charge < -0.3 is 4.74 Å². The minimum Gasteiger partial charge on any atom is -0.490 e. The lowest BCUT2D eigenvalue weighted by atomic mass is 9.91. The maximum atomic E-state index is 5.85. The number of rotatable bonds is 3. The number of nitrogens with zero attached hydrogens (tertiary/aromatic N) is 1. The Hall–Kier alpha value is -0.700. The molecule has 0 radical (unpaired) electrons. The molecule has 1 fully saturated rings. The van der Waals surface area contributed by atoms with Gasteiger partial charge in [-0.25, -0.2) is 4.98 Å². The van der Waals surface area contributed by atoms with Crippen molar-refractivity contribution in [1.29, 1.82) is 0 Å². The zero-order chi connectivity index (χ0) is 11.8. The minimum atomic E-state index is 0.0768. The van der Waals surface area contributed by atoms with Gasteiger partial charge in [-0.1, -0.05) is 20.8 Å². The van der Waals surface area contributed by atoms with Gasteiger partial charge in [0.25, 0.3) is 0 Å². The average Bonchev–Trinajstić information content (AvgIpc) is 3.00. The molecule has 1 aromatic rings.